The maximum atomic E-state index is 15.7. The molecule has 0 bridgehead atoms. The number of rotatable bonds is 15. The number of ketones is 1. The first-order valence-electron chi connectivity index (χ1n) is 15.4. The van der Waals surface area contributed by atoms with Gasteiger partial charge in [-0.3, -0.25) is 14.4 Å². The zero-order chi connectivity index (χ0) is 33.6. The summed E-state index contributed by atoms with van der Waals surface area (Å²) in [6.07, 6.45) is 0.291. The molecule has 3 rings (SSSR count). The Morgan fingerprint density at radius 3 is 2.20 bits per heavy atom. The van der Waals surface area contributed by atoms with E-state index in [4.69, 9.17) is 0 Å². The van der Waals surface area contributed by atoms with E-state index in [9.17, 15) is 23.9 Å². The molecule has 0 amide bonds. The first-order chi connectivity index (χ1) is 21.1. The van der Waals surface area contributed by atoms with Gasteiger partial charge in [0, 0.05) is 24.9 Å². The van der Waals surface area contributed by atoms with Crippen LogP contribution in [0.15, 0.2) is 35.1 Å². The minimum atomic E-state index is -1.11. The second-order valence-corrected chi connectivity index (χ2v) is 14.1. The Morgan fingerprint density at radius 1 is 0.978 bits per heavy atom. The highest BCUT2D eigenvalue weighted by atomic mass is 28.2. The molecule has 1 heterocycles. The molecule has 10 heteroatoms. The lowest BCUT2D eigenvalue weighted by molar-refractivity contribution is -0.137. The SMILES string of the molecule is Cc1cc(-c2c(C)cc(F)cc2C)cc([C@@H](CCC(=O)[C@H]([Si]CC(C)C)n2nc(CCN(C)C)cc(C)c2=O)CC(=O)O)c1F. The van der Waals surface area contributed by atoms with Crippen molar-refractivity contribution in [3.8, 4) is 11.1 Å². The number of carboxylic acids is 1. The van der Waals surface area contributed by atoms with E-state index in [1.165, 1.54) is 16.8 Å². The van der Waals surface area contributed by atoms with Gasteiger partial charge in [-0.1, -0.05) is 19.9 Å². The molecule has 0 aliphatic heterocycles. The molecule has 0 spiro atoms. The van der Waals surface area contributed by atoms with Gasteiger partial charge in [-0.05, 0) is 124 Å². The third-order valence-electron chi connectivity index (χ3n) is 7.92. The number of aromatic nitrogens is 2. The molecule has 0 saturated carbocycles. The molecule has 45 heavy (non-hydrogen) atoms. The van der Waals surface area contributed by atoms with E-state index in [1.54, 1.807) is 45.9 Å². The summed E-state index contributed by atoms with van der Waals surface area (Å²) in [5.41, 5.74) is 3.46. The standard InChI is InChI=1S/C35H45F2N3O4Si/c1-20(2)19-45-35(40-34(44)24(6)16-28(38-40)11-12-39(7)8)30(41)10-9-25(18-31(42)43)29-17-26(13-23(5)33(29)37)32-21(3)14-27(36)15-22(32)4/h13-17,20,25,35H,9-12,18-19H2,1-8H3,(H,42,43)/t25-,35-/m0/s1. The summed E-state index contributed by atoms with van der Waals surface area (Å²) < 4.78 is 31.1. The highest BCUT2D eigenvalue weighted by Crippen LogP contribution is 2.36. The third kappa shape index (κ3) is 9.50. The molecular weight excluding hydrogens is 592 g/mol. The number of carboxylic acid groups (broad SMARTS) is 1. The van der Waals surface area contributed by atoms with Crippen molar-refractivity contribution in [2.24, 2.45) is 5.92 Å². The van der Waals surface area contributed by atoms with Crippen LogP contribution >= 0.6 is 0 Å². The predicted octanol–water partition coefficient (Wildman–Crippen LogP) is 6.41. The highest BCUT2D eigenvalue weighted by molar-refractivity contribution is 6.43. The molecule has 2 aromatic carbocycles. The summed E-state index contributed by atoms with van der Waals surface area (Å²) in [6, 6.07) is 8.63. The Morgan fingerprint density at radius 2 is 1.62 bits per heavy atom. The number of carbonyl (C=O) groups excluding carboxylic acids is 1. The fourth-order valence-corrected chi connectivity index (χ4v) is 7.07. The van der Waals surface area contributed by atoms with Gasteiger partial charge in [0.2, 0.25) is 0 Å². The summed E-state index contributed by atoms with van der Waals surface area (Å²) in [4.78, 5) is 41.2. The average molecular weight is 638 g/mol. The topological polar surface area (TPSA) is 92.5 Å². The summed E-state index contributed by atoms with van der Waals surface area (Å²) in [5, 5.41) is 14.4. The van der Waals surface area contributed by atoms with Crippen molar-refractivity contribution >= 4 is 21.3 Å². The van der Waals surface area contributed by atoms with Crippen LogP contribution in [-0.4, -0.2) is 61.7 Å². The average Bonchev–Trinajstić information content (AvgIpc) is 2.93. The van der Waals surface area contributed by atoms with Gasteiger partial charge in [0.15, 0.2) is 5.78 Å². The van der Waals surface area contributed by atoms with Crippen molar-refractivity contribution in [2.75, 3.05) is 20.6 Å². The number of aliphatic carboxylic acids is 1. The van der Waals surface area contributed by atoms with Crippen molar-refractivity contribution in [1.29, 1.82) is 0 Å². The monoisotopic (exact) mass is 637 g/mol. The fraction of sp³-hybridized carbons (Fsp3) is 0.486. The van der Waals surface area contributed by atoms with E-state index < -0.39 is 23.4 Å². The van der Waals surface area contributed by atoms with Gasteiger partial charge in [-0.2, -0.15) is 5.10 Å². The first-order valence-corrected chi connectivity index (χ1v) is 16.7. The van der Waals surface area contributed by atoms with Gasteiger partial charge in [0.05, 0.1) is 27.3 Å². The number of halogens is 2. The van der Waals surface area contributed by atoms with E-state index in [-0.39, 0.29) is 51.5 Å². The minimum Gasteiger partial charge on any atom is -0.481 e. The normalized spacial score (nSPS) is 13.0. The number of aryl methyl sites for hydroxylation is 4. The van der Waals surface area contributed by atoms with E-state index in [0.717, 1.165) is 23.8 Å². The van der Waals surface area contributed by atoms with Crippen LogP contribution in [0.5, 0.6) is 0 Å². The van der Waals surface area contributed by atoms with Crippen molar-refractivity contribution < 1.29 is 23.5 Å². The second kappa shape index (κ2) is 15.7. The van der Waals surface area contributed by atoms with Crippen molar-refractivity contribution in [3.63, 3.8) is 0 Å². The van der Waals surface area contributed by atoms with Crippen LogP contribution in [0.4, 0.5) is 8.78 Å². The number of hydrogen-bond acceptors (Lipinski definition) is 5. The summed E-state index contributed by atoms with van der Waals surface area (Å²) in [5.74, 6) is -2.71. The van der Waals surface area contributed by atoms with E-state index in [2.05, 4.69) is 18.9 Å². The molecule has 0 fully saturated rings. The number of benzene rings is 2. The molecule has 0 unspecified atom stereocenters. The molecule has 1 N–H and O–H groups in total. The van der Waals surface area contributed by atoms with Crippen LogP contribution < -0.4 is 5.56 Å². The van der Waals surface area contributed by atoms with E-state index >= 15 is 4.39 Å². The Hall–Kier alpha value is -3.50. The van der Waals surface area contributed by atoms with Gasteiger partial charge in [0.1, 0.15) is 11.6 Å². The molecule has 2 atom stereocenters. The van der Waals surface area contributed by atoms with E-state index in [1.807, 2.05) is 19.0 Å². The predicted molar refractivity (Wildman–Crippen MR) is 175 cm³/mol. The third-order valence-corrected chi connectivity index (χ3v) is 9.92. The number of nitrogens with zero attached hydrogens (tertiary/aromatic N) is 3. The largest absolute Gasteiger partial charge is 0.481 e. The molecule has 7 nitrogen and oxygen atoms in total. The molecule has 1 aromatic heterocycles. The Balaban J connectivity index is 2.00. The first kappa shape index (κ1) is 36.0. The van der Waals surface area contributed by atoms with Gasteiger partial charge in [0.25, 0.3) is 5.56 Å². The van der Waals surface area contributed by atoms with Gasteiger partial charge >= 0.3 is 5.97 Å². The zero-order valence-electron chi connectivity index (χ0n) is 27.6. The lowest BCUT2D eigenvalue weighted by Gasteiger charge is -2.22. The zero-order valence-corrected chi connectivity index (χ0v) is 28.6. The maximum Gasteiger partial charge on any atom is 0.303 e. The van der Waals surface area contributed by atoms with Gasteiger partial charge < -0.3 is 10.0 Å². The number of hydrogen-bond donors (Lipinski definition) is 1. The minimum absolute atomic E-state index is 0.0415. The van der Waals surface area contributed by atoms with Crippen molar-refractivity contribution in [3.05, 3.63) is 85.8 Å². The molecule has 0 aliphatic carbocycles. The van der Waals surface area contributed by atoms with Crippen LogP contribution in [-0.2, 0) is 16.0 Å². The van der Waals surface area contributed by atoms with Crippen LogP contribution in [0.1, 0.15) is 78.2 Å². The molecule has 242 valence electrons. The van der Waals surface area contributed by atoms with E-state index in [0.29, 0.717) is 40.2 Å². The number of likely N-dealkylation sites (N-methyl/N-ethyl adjacent to an activating group) is 1. The molecule has 3 aromatic rings. The number of carbonyl (C=O) groups is 2. The summed E-state index contributed by atoms with van der Waals surface area (Å²) >= 11 is 0. The van der Waals surface area contributed by atoms with Gasteiger partial charge in [-0.15, -0.1) is 0 Å². The smallest absolute Gasteiger partial charge is 0.303 e. The Labute approximate surface area is 267 Å². The van der Waals surface area contributed by atoms with Crippen LogP contribution in [0.25, 0.3) is 11.1 Å². The second-order valence-electron chi connectivity index (χ2n) is 12.7. The van der Waals surface area contributed by atoms with Gasteiger partial charge in [-0.25, -0.2) is 13.5 Å². The molecular formula is C35H45F2N3O4Si. The maximum absolute atomic E-state index is 15.7. The van der Waals surface area contributed by atoms with Crippen molar-refractivity contribution in [2.45, 2.75) is 84.9 Å². The Bertz CT molecular complexity index is 1580. The Kier molecular flexibility index (Phi) is 12.5. The summed E-state index contributed by atoms with van der Waals surface area (Å²) in [6.45, 7) is 11.7. The van der Waals surface area contributed by atoms with Crippen LogP contribution in [0.2, 0.25) is 6.04 Å². The molecule has 0 saturated heterocycles. The van der Waals surface area contributed by atoms with Crippen LogP contribution in [0.3, 0.4) is 0 Å². The molecule has 2 radical (unpaired) electrons. The number of Topliss-reactive ketones (excluding diaryl/α,β-unsaturated/α-hetero) is 1. The summed E-state index contributed by atoms with van der Waals surface area (Å²) in [7, 11) is 4.01. The lowest BCUT2D eigenvalue weighted by atomic mass is 9.85. The lowest BCUT2D eigenvalue weighted by Crippen LogP contribution is -2.38. The van der Waals surface area contributed by atoms with Crippen molar-refractivity contribution in [1.82, 2.24) is 14.7 Å². The molecule has 0 aliphatic rings. The fourth-order valence-electron chi connectivity index (χ4n) is 5.66. The quantitative estimate of drug-likeness (QED) is 0.194. The van der Waals surface area contributed by atoms with Crippen LogP contribution in [0, 0.1) is 45.2 Å². The highest BCUT2D eigenvalue weighted by Gasteiger charge is 2.28.